The first kappa shape index (κ1) is 27.4. The molecule has 1 aromatic heterocycles. The van der Waals surface area contributed by atoms with E-state index >= 15 is 0 Å². The van der Waals surface area contributed by atoms with Crippen molar-refractivity contribution in [2.75, 3.05) is 12.3 Å². The molecular weight excluding hydrogens is 477 g/mol. The maximum Gasteiger partial charge on any atom is 0.317 e. The molecule has 9 nitrogen and oxygen atoms in total. The average Bonchev–Trinajstić information content (AvgIpc) is 2.82. The summed E-state index contributed by atoms with van der Waals surface area (Å²) < 4.78 is 13.5. The number of hydrogen-bond donors (Lipinski definition) is 3. The van der Waals surface area contributed by atoms with Crippen LogP contribution in [0.3, 0.4) is 0 Å². The van der Waals surface area contributed by atoms with E-state index in [1.54, 1.807) is 36.1 Å². The summed E-state index contributed by atoms with van der Waals surface area (Å²) >= 11 is 0. The zero-order chi connectivity index (χ0) is 27.3. The Hall–Kier alpha value is -4.18. The maximum absolute atomic E-state index is 13.5. The van der Waals surface area contributed by atoms with Gasteiger partial charge in [-0.15, -0.1) is 0 Å². The topological polar surface area (TPSA) is 139 Å². The highest BCUT2D eigenvalue weighted by Gasteiger charge is 2.22. The molecule has 4 N–H and O–H groups in total. The summed E-state index contributed by atoms with van der Waals surface area (Å²) in [5.41, 5.74) is 9.70. The molecule has 0 aliphatic carbocycles. The molecule has 3 rings (SSSR count). The molecule has 0 aliphatic rings. The minimum absolute atomic E-state index is 0.0333. The normalized spacial score (nSPS) is 11.8. The van der Waals surface area contributed by atoms with Crippen molar-refractivity contribution in [2.45, 2.75) is 46.8 Å². The number of aliphatic carboxylic acids is 1. The number of carbonyl (C=O) groups is 3. The predicted molar refractivity (Wildman–Crippen MR) is 136 cm³/mol. The van der Waals surface area contributed by atoms with Crippen LogP contribution in [-0.2, 0) is 17.9 Å². The van der Waals surface area contributed by atoms with Crippen molar-refractivity contribution in [3.05, 3.63) is 87.5 Å². The van der Waals surface area contributed by atoms with Crippen LogP contribution in [0.5, 0.6) is 0 Å². The fourth-order valence-electron chi connectivity index (χ4n) is 4.07. The van der Waals surface area contributed by atoms with Crippen LogP contribution < -0.4 is 11.1 Å². The average molecular weight is 508 g/mol. The summed E-state index contributed by atoms with van der Waals surface area (Å²) in [7, 11) is 0. The third-order valence-corrected chi connectivity index (χ3v) is 6.07. The van der Waals surface area contributed by atoms with Crippen molar-refractivity contribution < 1.29 is 23.9 Å². The number of aryl methyl sites for hydroxylation is 2. The number of nitrogens with two attached hydrogens (primary N) is 1. The van der Waals surface area contributed by atoms with Crippen LogP contribution in [0.1, 0.15) is 68.7 Å². The highest BCUT2D eigenvalue weighted by molar-refractivity contribution is 5.95. The third-order valence-electron chi connectivity index (χ3n) is 6.07. The van der Waals surface area contributed by atoms with Gasteiger partial charge in [0.15, 0.2) is 5.78 Å². The van der Waals surface area contributed by atoms with Crippen LogP contribution in [0.25, 0.3) is 0 Å². The van der Waals surface area contributed by atoms with Crippen molar-refractivity contribution in [1.82, 2.24) is 20.2 Å². The first-order valence-corrected chi connectivity index (χ1v) is 11.7. The van der Waals surface area contributed by atoms with E-state index in [4.69, 9.17) is 5.73 Å². The van der Waals surface area contributed by atoms with Gasteiger partial charge in [-0.3, -0.25) is 19.3 Å². The lowest BCUT2D eigenvalue weighted by Gasteiger charge is -2.28. The summed E-state index contributed by atoms with van der Waals surface area (Å²) in [5.74, 6) is -2.02. The van der Waals surface area contributed by atoms with Gasteiger partial charge in [0.2, 0.25) is 5.95 Å². The summed E-state index contributed by atoms with van der Waals surface area (Å²) in [4.78, 5) is 46.0. The lowest BCUT2D eigenvalue weighted by atomic mass is 9.98. The van der Waals surface area contributed by atoms with Crippen LogP contribution in [-0.4, -0.2) is 44.2 Å². The second-order valence-corrected chi connectivity index (χ2v) is 8.97. The molecule has 0 unspecified atom stereocenters. The number of halogens is 1. The van der Waals surface area contributed by atoms with Crippen LogP contribution in [0.2, 0.25) is 0 Å². The molecule has 194 valence electrons. The van der Waals surface area contributed by atoms with E-state index in [1.807, 2.05) is 19.9 Å². The number of nitrogens with zero attached hydrogens (tertiary/aromatic N) is 3. The van der Waals surface area contributed by atoms with E-state index in [-0.39, 0.29) is 48.9 Å². The first-order valence-electron chi connectivity index (χ1n) is 11.7. The zero-order valence-corrected chi connectivity index (χ0v) is 21.2. The minimum Gasteiger partial charge on any atom is -0.480 e. The Bertz CT molecular complexity index is 1340. The number of carbonyl (C=O) groups excluding carboxylic acids is 2. The number of Topliss-reactive ketones (excluding diaryl/α,β-unsaturated/α-hetero) is 1. The van der Waals surface area contributed by atoms with E-state index in [2.05, 4.69) is 15.3 Å². The first-order chi connectivity index (χ1) is 17.4. The number of benzene rings is 2. The van der Waals surface area contributed by atoms with Crippen LogP contribution in [0, 0.1) is 19.7 Å². The van der Waals surface area contributed by atoms with Crippen molar-refractivity contribution in [1.29, 1.82) is 0 Å². The Balaban J connectivity index is 1.80. The Kier molecular flexibility index (Phi) is 8.67. The van der Waals surface area contributed by atoms with E-state index in [1.165, 1.54) is 19.1 Å². The number of carboxylic acids is 1. The Morgan fingerprint density at radius 1 is 1.08 bits per heavy atom. The predicted octanol–water partition coefficient (Wildman–Crippen LogP) is 3.60. The fraction of sp³-hybridized carbons (Fsp3) is 0.296. The molecule has 0 saturated carbocycles. The molecular formula is C27H30FN5O4. The lowest BCUT2D eigenvalue weighted by Crippen LogP contribution is -2.33. The Morgan fingerprint density at radius 3 is 2.43 bits per heavy atom. The molecule has 1 heterocycles. The number of ketones is 1. The van der Waals surface area contributed by atoms with E-state index in [0.717, 1.165) is 16.7 Å². The monoisotopic (exact) mass is 507 g/mol. The van der Waals surface area contributed by atoms with E-state index in [0.29, 0.717) is 16.8 Å². The highest BCUT2D eigenvalue weighted by Crippen LogP contribution is 2.25. The SMILES string of the molecule is CC(=O)c1ccc([C@H](C)N(CC(=O)O)Cc2cc(C(=O)NCc3ccc(F)c(C)c3)nc(N)n2)cc1C. The van der Waals surface area contributed by atoms with Crippen LogP contribution in [0.15, 0.2) is 42.5 Å². The van der Waals surface area contributed by atoms with Gasteiger partial charge in [-0.2, -0.15) is 0 Å². The molecule has 37 heavy (non-hydrogen) atoms. The van der Waals surface area contributed by atoms with Gasteiger partial charge in [0, 0.05) is 24.7 Å². The largest absolute Gasteiger partial charge is 0.480 e. The molecule has 1 amide bonds. The number of nitrogen functional groups attached to an aromatic ring is 1. The molecule has 2 aromatic carbocycles. The van der Waals surface area contributed by atoms with Crippen LogP contribution >= 0.6 is 0 Å². The summed E-state index contributed by atoms with van der Waals surface area (Å²) in [5, 5.41) is 12.2. The van der Waals surface area contributed by atoms with Crippen LogP contribution in [0.4, 0.5) is 10.3 Å². The quantitative estimate of drug-likeness (QED) is 0.354. The van der Waals surface area contributed by atoms with Crippen molar-refractivity contribution in [2.24, 2.45) is 0 Å². The Labute approximate surface area is 214 Å². The van der Waals surface area contributed by atoms with Crippen molar-refractivity contribution in [3.8, 4) is 0 Å². The van der Waals surface area contributed by atoms with Gasteiger partial charge in [-0.25, -0.2) is 14.4 Å². The molecule has 0 radical (unpaired) electrons. The van der Waals surface area contributed by atoms with Gasteiger partial charge in [0.05, 0.1) is 12.2 Å². The number of nitrogens with one attached hydrogen (secondary N) is 1. The smallest absolute Gasteiger partial charge is 0.317 e. The van der Waals surface area contributed by atoms with Gasteiger partial charge in [0.25, 0.3) is 5.91 Å². The van der Waals surface area contributed by atoms with Gasteiger partial charge in [0.1, 0.15) is 11.5 Å². The summed E-state index contributed by atoms with van der Waals surface area (Å²) in [6, 6.07) is 11.1. The second-order valence-electron chi connectivity index (χ2n) is 8.97. The number of amides is 1. The fourth-order valence-corrected chi connectivity index (χ4v) is 4.07. The van der Waals surface area contributed by atoms with Gasteiger partial charge in [-0.1, -0.05) is 30.3 Å². The molecule has 0 aliphatic heterocycles. The summed E-state index contributed by atoms with van der Waals surface area (Å²) in [6.45, 7) is 6.79. The second kappa shape index (κ2) is 11.7. The number of rotatable bonds is 10. The number of hydrogen-bond acceptors (Lipinski definition) is 7. The maximum atomic E-state index is 13.5. The van der Waals surface area contributed by atoms with Gasteiger partial charge >= 0.3 is 5.97 Å². The number of carboxylic acid groups (broad SMARTS) is 1. The minimum atomic E-state index is -1.03. The zero-order valence-electron chi connectivity index (χ0n) is 21.2. The van der Waals surface area contributed by atoms with Crippen molar-refractivity contribution >= 4 is 23.6 Å². The summed E-state index contributed by atoms with van der Waals surface area (Å²) in [6.07, 6.45) is 0. The van der Waals surface area contributed by atoms with Gasteiger partial charge in [-0.05, 0) is 62.1 Å². The van der Waals surface area contributed by atoms with E-state index < -0.39 is 11.9 Å². The molecule has 0 fully saturated rings. The molecule has 0 saturated heterocycles. The van der Waals surface area contributed by atoms with Gasteiger partial charge < -0.3 is 16.2 Å². The van der Waals surface area contributed by atoms with Crippen molar-refractivity contribution in [3.63, 3.8) is 0 Å². The molecule has 3 aromatic rings. The lowest BCUT2D eigenvalue weighted by molar-refractivity contribution is -0.139. The number of aromatic nitrogens is 2. The molecule has 1 atom stereocenters. The highest BCUT2D eigenvalue weighted by atomic mass is 19.1. The third kappa shape index (κ3) is 7.17. The number of anilines is 1. The standard InChI is InChI=1S/C27H30FN5O4/c1-15-10-20(6-7-22(15)18(4)34)17(3)33(14-25(35)36)13-21-11-24(32-27(29)31-21)26(37)30-12-19-5-8-23(28)16(2)9-19/h5-11,17H,12-14H2,1-4H3,(H,30,37)(H,35,36)(H2,29,31,32)/t17-/m0/s1. The molecule has 10 heteroatoms. The molecule has 0 spiro atoms. The van der Waals surface area contributed by atoms with E-state index in [9.17, 15) is 23.9 Å². The Morgan fingerprint density at radius 2 is 1.81 bits per heavy atom. The molecule has 0 bridgehead atoms.